The van der Waals surface area contributed by atoms with Crippen molar-refractivity contribution in [2.45, 2.75) is 121 Å². The summed E-state index contributed by atoms with van der Waals surface area (Å²) in [5.74, 6) is -4.59. The van der Waals surface area contributed by atoms with Gasteiger partial charge in [0.1, 0.15) is 30.2 Å². The second-order valence-corrected chi connectivity index (χ2v) is 17.9. The van der Waals surface area contributed by atoms with Crippen LogP contribution in [0, 0.1) is 5.41 Å². The van der Waals surface area contributed by atoms with Crippen molar-refractivity contribution in [2.75, 3.05) is 19.6 Å². The van der Waals surface area contributed by atoms with Crippen LogP contribution in [0.2, 0.25) is 0 Å². The second-order valence-electron chi connectivity index (χ2n) is 17.9. The number of carbonyl (C=O) groups excluding carboxylic acids is 7. The van der Waals surface area contributed by atoms with Crippen LogP contribution in [0.25, 0.3) is 21.7 Å². The van der Waals surface area contributed by atoms with E-state index in [2.05, 4.69) is 57.5 Å². The highest BCUT2D eigenvalue weighted by Crippen LogP contribution is 2.22. The van der Waals surface area contributed by atoms with Crippen LogP contribution >= 0.6 is 0 Å². The smallest absolute Gasteiger partial charge is 0.243 e. The molecule has 7 amide bonds. The number of nitrogens with one attached hydrogen (secondary N) is 11. The van der Waals surface area contributed by atoms with E-state index in [1.54, 1.807) is 12.4 Å². The Kier molecular flexibility index (Phi) is 19.9. The molecule has 3 heterocycles. The van der Waals surface area contributed by atoms with Crippen molar-refractivity contribution in [1.29, 1.82) is 5.41 Å². The molecule has 13 N–H and O–H groups in total. The lowest BCUT2D eigenvalue weighted by Crippen LogP contribution is -2.60. The number of nitrogens with zero attached hydrogens (tertiary/aromatic N) is 1. The Bertz CT molecular complexity index is 2610. The first-order valence-corrected chi connectivity index (χ1v) is 24.5. The number of imidazole rings is 1. The molecule has 0 unspecified atom stereocenters. The maximum absolute atomic E-state index is 14.9. The molecule has 0 aliphatic carbocycles. The summed E-state index contributed by atoms with van der Waals surface area (Å²) in [5, 5.41) is 32.8. The molecule has 1 aliphatic rings. The molecule has 0 bridgehead atoms. The Morgan fingerprint density at radius 1 is 0.690 bits per heavy atom. The Labute approximate surface area is 412 Å². The van der Waals surface area contributed by atoms with Crippen molar-refractivity contribution in [2.24, 2.45) is 5.73 Å². The number of benzene rings is 3. The van der Waals surface area contributed by atoms with E-state index in [-0.39, 0.29) is 64.1 Å². The summed E-state index contributed by atoms with van der Waals surface area (Å²) >= 11 is 0. The highest BCUT2D eigenvalue weighted by atomic mass is 16.2. The number of nitrogens with two attached hydrogens (primary N) is 1. The molecule has 20 heteroatoms. The molecule has 6 rings (SSSR count). The van der Waals surface area contributed by atoms with Crippen LogP contribution in [0.1, 0.15) is 88.0 Å². The first-order chi connectivity index (χ1) is 34.4. The third-order valence-corrected chi connectivity index (χ3v) is 12.4. The fraction of sp³-hybridized carbons (Fsp3) is 0.431. The highest BCUT2D eigenvalue weighted by Gasteiger charge is 2.34. The SMILES string of the molecule is CCCCCC(=O)N[C@H]1CC(=O)NCCCCCNC(=O)[C@H](Cc2c[nH]c3ccccc23)NC(=O)[C@H](CCCNC(=N)N)NC(=O)[C@@H](Cc2cccc3ccccc23)NC(=O)[C@H](Cc2c[nH]cn2)NC1=O. The summed E-state index contributed by atoms with van der Waals surface area (Å²) in [6.07, 6.45) is 8.68. The van der Waals surface area contributed by atoms with Crippen LogP contribution < -0.4 is 48.3 Å². The van der Waals surface area contributed by atoms with Crippen molar-refractivity contribution in [3.05, 3.63) is 102 Å². The molecule has 378 valence electrons. The van der Waals surface area contributed by atoms with Gasteiger partial charge in [-0.25, -0.2) is 4.98 Å². The monoisotopic (exact) mass is 974 g/mol. The number of aromatic amines is 2. The van der Waals surface area contributed by atoms with E-state index in [0.717, 1.165) is 40.1 Å². The molecule has 1 fully saturated rings. The number of unbranched alkanes of at least 4 members (excludes halogenated alkanes) is 2. The van der Waals surface area contributed by atoms with Crippen molar-refractivity contribution in [1.82, 2.24) is 57.5 Å². The lowest BCUT2D eigenvalue weighted by molar-refractivity contribution is -0.135. The van der Waals surface area contributed by atoms with Crippen LogP contribution in [0.4, 0.5) is 0 Å². The normalized spacial score (nSPS) is 20.4. The molecule has 2 aromatic heterocycles. The molecule has 5 atom stereocenters. The predicted molar refractivity (Wildman–Crippen MR) is 269 cm³/mol. The molecule has 1 aliphatic heterocycles. The number of para-hydroxylation sites is 1. The van der Waals surface area contributed by atoms with Crippen LogP contribution in [0.3, 0.4) is 0 Å². The summed E-state index contributed by atoms with van der Waals surface area (Å²) in [5.41, 5.74) is 8.30. The van der Waals surface area contributed by atoms with Crippen LogP contribution in [-0.2, 0) is 52.8 Å². The van der Waals surface area contributed by atoms with Gasteiger partial charge in [-0.3, -0.25) is 39.0 Å². The minimum absolute atomic E-state index is 0.0460. The number of carbonyl (C=O) groups is 7. The summed E-state index contributed by atoms with van der Waals surface area (Å²) in [6.45, 7) is 2.73. The van der Waals surface area contributed by atoms with Gasteiger partial charge >= 0.3 is 0 Å². The number of guanidine groups is 1. The van der Waals surface area contributed by atoms with Gasteiger partial charge in [0.25, 0.3) is 0 Å². The zero-order valence-corrected chi connectivity index (χ0v) is 40.2. The summed E-state index contributed by atoms with van der Waals surface area (Å²) in [6, 6.07) is 14.4. The summed E-state index contributed by atoms with van der Waals surface area (Å²) in [7, 11) is 0. The van der Waals surface area contributed by atoms with Gasteiger partial charge in [-0.2, -0.15) is 0 Å². The summed E-state index contributed by atoms with van der Waals surface area (Å²) < 4.78 is 0. The van der Waals surface area contributed by atoms with E-state index in [0.29, 0.717) is 36.9 Å². The van der Waals surface area contributed by atoms with Gasteiger partial charge in [0.15, 0.2) is 5.96 Å². The molecular weight excluding hydrogens is 907 g/mol. The van der Waals surface area contributed by atoms with E-state index in [1.807, 2.05) is 73.7 Å². The molecule has 0 spiro atoms. The Morgan fingerprint density at radius 3 is 2.08 bits per heavy atom. The number of aromatic nitrogens is 3. The van der Waals surface area contributed by atoms with Crippen LogP contribution in [-0.4, -0.2) is 112 Å². The lowest BCUT2D eigenvalue weighted by Gasteiger charge is -2.27. The number of fused-ring (bicyclic) bond motifs is 2. The topological polar surface area (TPSA) is 310 Å². The number of rotatable bonds is 15. The first kappa shape index (κ1) is 52.6. The van der Waals surface area contributed by atoms with Crippen molar-refractivity contribution >= 4 is 69.0 Å². The lowest BCUT2D eigenvalue weighted by atomic mass is 9.97. The first-order valence-electron chi connectivity index (χ1n) is 24.5. The molecule has 3 aromatic carbocycles. The largest absolute Gasteiger partial charge is 0.370 e. The van der Waals surface area contributed by atoms with E-state index in [4.69, 9.17) is 11.1 Å². The molecule has 1 saturated heterocycles. The maximum Gasteiger partial charge on any atom is 0.243 e. The number of hydrogen-bond acceptors (Lipinski definition) is 9. The Hall–Kier alpha value is -7.77. The fourth-order valence-corrected chi connectivity index (χ4v) is 8.60. The summed E-state index contributed by atoms with van der Waals surface area (Å²) in [4.78, 5) is 109. The standard InChI is InChI=1S/C51H67N13O7/c1-2-3-5-21-44(65)60-43-28-45(66)55-22-10-4-11-23-56-46(67)40(26-34-29-58-38-19-9-8-18-37(34)38)62-47(68)39(20-13-24-57-51(52)53)61-48(69)41(25-33-16-12-15-32-14-6-7-17-36(32)33)63-49(70)42(64-50(43)71)27-35-30-54-31-59-35/h6-9,12,14-19,29-31,39-43,58H,2-5,10-11,13,20-28H2,1H3,(H,54,59)(H,55,66)(H,56,67)(H,60,65)(H,61,69)(H,62,68)(H,63,70)(H,64,71)(H4,52,53,57)/t39-,40-,41+,42-,43-/m0/s1. The van der Waals surface area contributed by atoms with Gasteiger partial charge in [-0.05, 0) is 66.5 Å². The Balaban J connectivity index is 1.36. The maximum atomic E-state index is 14.9. The molecule has 0 saturated carbocycles. The third kappa shape index (κ3) is 16.1. The van der Waals surface area contributed by atoms with Crippen molar-refractivity contribution in [3.63, 3.8) is 0 Å². The third-order valence-electron chi connectivity index (χ3n) is 12.4. The molecule has 0 radical (unpaired) electrons. The van der Waals surface area contributed by atoms with E-state index < -0.39 is 78.0 Å². The second kappa shape index (κ2) is 26.8. The average molecular weight is 974 g/mol. The van der Waals surface area contributed by atoms with Crippen molar-refractivity contribution in [3.8, 4) is 0 Å². The number of amides is 7. The van der Waals surface area contributed by atoms with Gasteiger partial charge in [0, 0.05) is 68.6 Å². The van der Waals surface area contributed by atoms with Gasteiger partial charge in [-0.15, -0.1) is 0 Å². The molecule has 5 aromatic rings. The predicted octanol–water partition coefficient (Wildman–Crippen LogP) is 2.15. The fourth-order valence-electron chi connectivity index (χ4n) is 8.60. The van der Waals surface area contributed by atoms with Crippen molar-refractivity contribution < 1.29 is 33.6 Å². The quantitative estimate of drug-likeness (QED) is 0.0412. The van der Waals surface area contributed by atoms with Crippen LogP contribution in [0.5, 0.6) is 0 Å². The molecule has 71 heavy (non-hydrogen) atoms. The molecular formula is C51H67N13O7. The van der Waals surface area contributed by atoms with Gasteiger partial charge in [-0.1, -0.05) is 80.4 Å². The minimum atomic E-state index is -1.36. The van der Waals surface area contributed by atoms with Gasteiger partial charge in [0.05, 0.1) is 18.4 Å². The van der Waals surface area contributed by atoms with E-state index in [9.17, 15) is 33.6 Å². The Morgan fingerprint density at radius 2 is 1.34 bits per heavy atom. The molecule has 20 nitrogen and oxygen atoms in total. The number of hydrogen-bond donors (Lipinski definition) is 12. The van der Waals surface area contributed by atoms with Gasteiger partial charge in [0.2, 0.25) is 41.4 Å². The highest BCUT2D eigenvalue weighted by molar-refractivity contribution is 5.98. The zero-order chi connectivity index (χ0) is 50.5. The number of H-pyrrole nitrogens is 2. The zero-order valence-electron chi connectivity index (χ0n) is 40.2. The van der Waals surface area contributed by atoms with E-state index >= 15 is 0 Å². The average Bonchev–Trinajstić information content (AvgIpc) is 4.03. The van der Waals surface area contributed by atoms with Gasteiger partial charge < -0.3 is 58.2 Å². The van der Waals surface area contributed by atoms with E-state index in [1.165, 1.54) is 6.33 Å². The van der Waals surface area contributed by atoms with Crippen LogP contribution in [0.15, 0.2) is 85.5 Å². The minimum Gasteiger partial charge on any atom is -0.370 e.